The number of anilines is 1. The summed E-state index contributed by atoms with van der Waals surface area (Å²) in [6.45, 7) is 8.28. The molecule has 1 unspecified atom stereocenters. The number of ketones is 1. The summed E-state index contributed by atoms with van der Waals surface area (Å²) in [7, 11) is 0. The Hall–Kier alpha value is -2.90. The van der Waals surface area contributed by atoms with Crippen LogP contribution in [0.4, 0.5) is 5.95 Å². The maximum Gasteiger partial charge on any atom is 0.248 e. The van der Waals surface area contributed by atoms with Crippen molar-refractivity contribution in [1.82, 2.24) is 20.2 Å². The Morgan fingerprint density at radius 3 is 2.64 bits per heavy atom. The molecule has 0 radical (unpaired) electrons. The molecule has 0 spiro atoms. The number of fused-ring (bicyclic) bond motifs is 1. The highest BCUT2D eigenvalue weighted by Gasteiger charge is 2.32. The SMILES string of the molecule is CCOc1ccc(C2C(C(C)=O)=C(C)Nc3nnnn32)cc1OCC. The number of carbonyl (C=O) groups is 1. The fraction of sp³-hybridized carbons (Fsp3) is 0.412. The number of aromatic nitrogens is 4. The van der Waals surface area contributed by atoms with E-state index in [-0.39, 0.29) is 5.78 Å². The van der Waals surface area contributed by atoms with Gasteiger partial charge in [0.25, 0.3) is 0 Å². The van der Waals surface area contributed by atoms with E-state index in [1.54, 1.807) is 11.6 Å². The summed E-state index contributed by atoms with van der Waals surface area (Å²) in [5, 5.41) is 14.8. The van der Waals surface area contributed by atoms with Gasteiger partial charge in [-0.2, -0.15) is 4.68 Å². The smallest absolute Gasteiger partial charge is 0.248 e. The van der Waals surface area contributed by atoms with Crippen LogP contribution in [0.2, 0.25) is 0 Å². The molecule has 0 amide bonds. The Bertz CT molecular complexity index is 827. The van der Waals surface area contributed by atoms with E-state index < -0.39 is 6.04 Å². The molecule has 1 aliphatic rings. The molecule has 0 saturated carbocycles. The summed E-state index contributed by atoms with van der Waals surface area (Å²) in [6, 6.07) is 5.22. The zero-order chi connectivity index (χ0) is 18.0. The summed E-state index contributed by atoms with van der Waals surface area (Å²) in [6.07, 6.45) is 0. The summed E-state index contributed by atoms with van der Waals surface area (Å²) in [5.41, 5.74) is 2.21. The van der Waals surface area contributed by atoms with Gasteiger partial charge in [-0.05, 0) is 55.8 Å². The first-order chi connectivity index (χ1) is 12.1. The van der Waals surface area contributed by atoms with Crippen LogP contribution in [0.25, 0.3) is 0 Å². The highest BCUT2D eigenvalue weighted by Crippen LogP contribution is 2.38. The summed E-state index contributed by atoms with van der Waals surface area (Å²) >= 11 is 0. The molecule has 1 atom stereocenters. The monoisotopic (exact) mass is 343 g/mol. The van der Waals surface area contributed by atoms with Crippen molar-refractivity contribution >= 4 is 11.7 Å². The van der Waals surface area contributed by atoms with Crippen LogP contribution in [0.1, 0.15) is 39.3 Å². The lowest BCUT2D eigenvalue weighted by Crippen LogP contribution is -2.27. The molecule has 2 aromatic rings. The summed E-state index contributed by atoms with van der Waals surface area (Å²) in [5.74, 6) is 1.77. The third-order valence-corrected chi connectivity index (χ3v) is 3.98. The van der Waals surface area contributed by atoms with Crippen molar-refractivity contribution in [2.24, 2.45) is 0 Å². The van der Waals surface area contributed by atoms with E-state index in [1.165, 1.54) is 0 Å². The Labute approximate surface area is 145 Å². The number of allylic oxidation sites excluding steroid dienone is 2. The molecule has 1 aliphatic heterocycles. The largest absolute Gasteiger partial charge is 0.490 e. The number of nitrogens with one attached hydrogen (secondary N) is 1. The maximum absolute atomic E-state index is 12.3. The van der Waals surface area contributed by atoms with Crippen LogP contribution < -0.4 is 14.8 Å². The fourth-order valence-corrected chi connectivity index (χ4v) is 3.01. The molecule has 1 N–H and O–H groups in total. The zero-order valence-corrected chi connectivity index (χ0v) is 14.7. The second-order valence-electron chi connectivity index (χ2n) is 5.64. The molecular weight excluding hydrogens is 322 g/mol. The summed E-state index contributed by atoms with van der Waals surface area (Å²) < 4.78 is 12.9. The van der Waals surface area contributed by atoms with Crippen molar-refractivity contribution in [3.8, 4) is 11.5 Å². The zero-order valence-electron chi connectivity index (χ0n) is 14.7. The number of benzene rings is 1. The molecule has 0 bridgehead atoms. The van der Waals surface area contributed by atoms with Crippen LogP contribution in [0.3, 0.4) is 0 Å². The number of Topliss-reactive ketones (excluding diaryl/α,β-unsaturated/α-hetero) is 1. The normalized spacial score (nSPS) is 16.2. The first-order valence-electron chi connectivity index (χ1n) is 8.22. The molecule has 8 heteroatoms. The van der Waals surface area contributed by atoms with Gasteiger partial charge in [-0.15, -0.1) is 0 Å². The van der Waals surface area contributed by atoms with Gasteiger partial charge in [0.15, 0.2) is 17.3 Å². The minimum Gasteiger partial charge on any atom is -0.490 e. The standard InChI is InChI=1S/C17H21N5O3/c1-5-24-13-8-7-12(9-14(13)25-6-2)16-15(11(4)23)10(3)18-17-19-20-21-22(16)17/h7-9,16H,5-6H2,1-4H3,(H,18,19,21). The number of rotatable bonds is 6. The first-order valence-corrected chi connectivity index (χ1v) is 8.22. The van der Waals surface area contributed by atoms with Gasteiger partial charge < -0.3 is 14.8 Å². The Balaban J connectivity index is 2.13. The molecule has 0 fully saturated rings. The second-order valence-corrected chi connectivity index (χ2v) is 5.64. The van der Waals surface area contributed by atoms with Crippen LogP contribution in [-0.4, -0.2) is 39.2 Å². The van der Waals surface area contributed by atoms with Gasteiger partial charge in [-0.1, -0.05) is 11.2 Å². The van der Waals surface area contributed by atoms with E-state index in [0.29, 0.717) is 36.2 Å². The Kier molecular flexibility index (Phi) is 4.69. The van der Waals surface area contributed by atoms with Gasteiger partial charge >= 0.3 is 0 Å². The predicted octanol–water partition coefficient (Wildman–Crippen LogP) is 2.35. The highest BCUT2D eigenvalue weighted by atomic mass is 16.5. The van der Waals surface area contributed by atoms with Crippen LogP contribution >= 0.6 is 0 Å². The fourth-order valence-electron chi connectivity index (χ4n) is 3.01. The number of ether oxygens (including phenoxy) is 2. The topological polar surface area (TPSA) is 91.2 Å². The van der Waals surface area contributed by atoms with Crippen molar-refractivity contribution in [3.63, 3.8) is 0 Å². The molecule has 3 rings (SSSR count). The molecule has 0 aliphatic carbocycles. The lowest BCUT2D eigenvalue weighted by molar-refractivity contribution is -0.114. The van der Waals surface area contributed by atoms with Crippen molar-refractivity contribution < 1.29 is 14.3 Å². The minimum absolute atomic E-state index is 0.0389. The van der Waals surface area contributed by atoms with Crippen molar-refractivity contribution in [1.29, 1.82) is 0 Å². The molecular formula is C17H21N5O3. The molecule has 25 heavy (non-hydrogen) atoms. The lowest BCUT2D eigenvalue weighted by atomic mass is 9.93. The van der Waals surface area contributed by atoms with E-state index in [9.17, 15) is 4.79 Å². The van der Waals surface area contributed by atoms with E-state index in [0.717, 1.165) is 11.3 Å². The van der Waals surface area contributed by atoms with E-state index in [2.05, 4.69) is 20.8 Å². The van der Waals surface area contributed by atoms with E-state index in [1.807, 2.05) is 39.0 Å². The number of hydrogen-bond donors (Lipinski definition) is 1. The third kappa shape index (κ3) is 3.07. The van der Waals surface area contributed by atoms with Crippen LogP contribution in [0.15, 0.2) is 29.5 Å². The molecule has 1 aromatic carbocycles. The first kappa shape index (κ1) is 16.9. The van der Waals surface area contributed by atoms with E-state index >= 15 is 0 Å². The molecule has 1 aromatic heterocycles. The quantitative estimate of drug-likeness (QED) is 0.861. The average molecular weight is 343 g/mol. The van der Waals surface area contributed by atoms with Crippen molar-refractivity contribution in [2.75, 3.05) is 18.5 Å². The maximum atomic E-state index is 12.3. The molecule has 132 valence electrons. The van der Waals surface area contributed by atoms with Crippen molar-refractivity contribution in [2.45, 2.75) is 33.7 Å². The van der Waals surface area contributed by atoms with Gasteiger partial charge in [0.05, 0.1) is 13.2 Å². The Morgan fingerprint density at radius 2 is 1.96 bits per heavy atom. The number of carbonyl (C=O) groups excluding carboxylic acids is 1. The Morgan fingerprint density at radius 1 is 1.24 bits per heavy atom. The third-order valence-electron chi connectivity index (χ3n) is 3.98. The molecule has 0 saturated heterocycles. The minimum atomic E-state index is -0.418. The average Bonchev–Trinajstić information content (AvgIpc) is 3.03. The summed E-state index contributed by atoms with van der Waals surface area (Å²) in [4.78, 5) is 12.3. The van der Waals surface area contributed by atoms with Crippen molar-refractivity contribution in [3.05, 3.63) is 35.0 Å². The second kappa shape index (κ2) is 6.92. The van der Waals surface area contributed by atoms with Gasteiger partial charge in [-0.3, -0.25) is 4.79 Å². The van der Waals surface area contributed by atoms with Gasteiger partial charge in [0.2, 0.25) is 5.95 Å². The highest BCUT2D eigenvalue weighted by molar-refractivity contribution is 5.96. The predicted molar refractivity (Wildman–Crippen MR) is 91.7 cm³/mol. The van der Waals surface area contributed by atoms with Gasteiger partial charge in [0.1, 0.15) is 6.04 Å². The van der Waals surface area contributed by atoms with Crippen LogP contribution in [-0.2, 0) is 4.79 Å². The molecule has 8 nitrogen and oxygen atoms in total. The van der Waals surface area contributed by atoms with Crippen LogP contribution in [0, 0.1) is 0 Å². The lowest BCUT2D eigenvalue weighted by Gasteiger charge is -2.27. The number of hydrogen-bond acceptors (Lipinski definition) is 7. The van der Waals surface area contributed by atoms with Gasteiger partial charge in [-0.25, -0.2) is 0 Å². The number of nitrogens with zero attached hydrogens (tertiary/aromatic N) is 4. The van der Waals surface area contributed by atoms with Crippen LogP contribution in [0.5, 0.6) is 11.5 Å². The number of tetrazole rings is 1. The van der Waals surface area contributed by atoms with Gasteiger partial charge in [0, 0.05) is 11.3 Å². The molecule has 2 heterocycles. The van der Waals surface area contributed by atoms with E-state index in [4.69, 9.17) is 9.47 Å².